The zero-order valence-electron chi connectivity index (χ0n) is 11.1. The van der Waals surface area contributed by atoms with Crippen LogP contribution in [0, 0.1) is 10.5 Å². The van der Waals surface area contributed by atoms with Gasteiger partial charge in [0, 0.05) is 21.9 Å². The number of pyridine rings is 1. The van der Waals surface area contributed by atoms with Gasteiger partial charge in [-0.05, 0) is 59.8 Å². The minimum Gasteiger partial charge on any atom is -0.439 e. The molecule has 2 rings (SSSR count). The second-order valence-corrected chi connectivity index (χ2v) is 5.48. The van der Waals surface area contributed by atoms with Crippen LogP contribution in [-0.2, 0) is 6.54 Å². The van der Waals surface area contributed by atoms with Crippen LogP contribution in [0.15, 0.2) is 36.4 Å². The van der Waals surface area contributed by atoms with Crippen LogP contribution < -0.4 is 10.1 Å². The van der Waals surface area contributed by atoms with Gasteiger partial charge in [-0.1, -0.05) is 19.1 Å². The van der Waals surface area contributed by atoms with E-state index in [0.29, 0.717) is 5.88 Å². The van der Waals surface area contributed by atoms with Crippen molar-refractivity contribution in [3.05, 3.63) is 51.2 Å². The maximum Gasteiger partial charge on any atom is 0.219 e. The monoisotopic (exact) mass is 368 g/mol. The van der Waals surface area contributed by atoms with E-state index >= 15 is 0 Å². The van der Waals surface area contributed by atoms with Crippen molar-refractivity contribution in [3.8, 4) is 11.6 Å². The second kappa shape index (κ2) is 6.86. The molecule has 1 aromatic heterocycles. The Bertz CT molecular complexity index is 558. The number of halogens is 1. The molecule has 1 N–H and O–H groups in total. The fourth-order valence-corrected chi connectivity index (χ4v) is 2.24. The molecule has 0 bridgehead atoms. The fraction of sp³-hybridized carbons (Fsp3) is 0.267. The largest absolute Gasteiger partial charge is 0.439 e. The molecule has 1 heterocycles. The van der Waals surface area contributed by atoms with Gasteiger partial charge >= 0.3 is 0 Å². The Morgan fingerprint density at radius 3 is 2.79 bits per heavy atom. The van der Waals surface area contributed by atoms with Crippen molar-refractivity contribution < 1.29 is 4.74 Å². The molecule has 0 fully saturated rings. The fourth-order valence-electron chi connectivity index (χ4n) is 1.72. The SMILES string of the molecule is CCNCc1ccc(Oc2cccc(I)c2)nc1C. The topological polar surface area (TPSA) is 34.1 Å². The Kier molecular flexibility index (Phi) is 5.15. The Hall–Kier alpha value is -1.14. The average molecular weight is 368 g/mol. The molecule has 0 unspecified atom stereocenters. The molecule has 0 saturated carbocycles. The molecule has 4 heteroatoms. The minimum absolute atomic E-state index is 0.639. The lowest BCUT2D eigenvalue weighted by molar-refractivity contribution is 0.460. The zero-order valence-corrected chi connectivity index (χ0v) is 13.3. The van der Waals surface area contributed by atoms with Crippen LogP contribution in [0.4, 0.5) is 0 Å². The summed E-state index contributed by atoms with van der Waals surface area (Å²) in [5, 5.41) is 3.30. The van der Waals surface area contributed by atoms with E-state index < -0.39 is 0 Å². The van der Waals surface area contributed by atoms with Crippen molar-refractivity contribution in [1.29, 1.82) is 0 Å². The van der Waals surface area contributed by atoms with E-state index in [9.17, 15) is 0 Å². The van der Waals surface area contributed by atoms with E-state index in [4.69, 9.17) is 4.74 Å². The number of nitrogens with one attached hydrogen (secondary N) is 1. The van der Waals surface area contributed by atoms with Gasteiger partial charge in [0.05, 0.1) is 0 Å². The van der Waals surface area contributed by atoms with Crippen LogP contribution in [-0.4, -0.2) is 11.5 Å². The van der Waals surface area contributed by atoms with Gasteiger partial charge in [-0.2, -0.15) is 0 Å². The normalized spacial score (nSPS) is 10.5. The van der Waals surface area contributed by atoms with E-state index in [1.807, 2.05) is 37.3 Å². The molecule has 2 aromatic rings. The quantitative estimate of drug-likeness (QED) is 0.813. The molecule has 0 spiro atoms. The van der Waals surface area contributed by atoms with Crippen LogP contribution in [0.25, 0.3) is 0 Å². The van der Waals surface area contributed by atoms with Crippen LogP contribution in [0.1, 0.15) is 18.2 Å². The number of aromatic nitrogens is 1. The van der Waals surface area contributed by atoms with Crippen molar-refractivity contribution in [2.45, 2.75) is 20.4 Å². The maximum absolute atomic E-state index is 5.76. The summed E-state index contributed by atoms with van der Waals surface area (Å²) in [5.41, 5.74) is 2.21. The molecule has 0 aliphatic rings. The highest BCUT2D eigenvalue weighted by molar-refractivity contribution is 14.1. The predicted molar refractivity (Wildman–Crippen MR) is 85.6 cm³/mol. The van der Waals surface area contributed by atoms with Crippen LogP contribution in [0.5, 0.6) is 11.6 Å². The summed E-state index contributed by atoms with van der Waals surface area (Å²) in [6.07, 6.45) is 0. The Balaban J connectivity index is 2.11. The summed E-state index contributed by atoms with van der Waals surface area (Å²) < 4.78 is 6.91. The molecule has 100 valence electrons. The zero-order chi connectivity index (χ0) is 13.7. The van der Waals surface area contributed by atoms with Gasteiger partial charge < -0.3 is 10.1 Å². The maximum atomic E-state index is 5.76. The summed E-state index contributed by atoms with van der Waals surface area (Å²) in [4.78, 5) is 4.49. The Labute approximate surface area is 127 Å². The van der Waals surface area contributed by atoms with Gasteiger partial charge in [0.2, 0.25) is 5.88 Å². The average Bonchev–Trinajstić information content (AvgIpc) is 2.38. The van der Waals surface area contributed by atoms with E-state index in [-0.39, 0.29) is 0 Å². The first-order valence-corrected chi connectivity index (χ1v) is 7.37. The van der Waals surface area contributed by atoms with Crippen molar-refractivity contribution in [1.82, 2.24) is 10.3 Å². The third kappa shape index (κ3) is 4.18. The molecule has 1 aromatic carbocycles. The molecule has 0 atom stereocenters. The molecular weight excluding hydrogens is 351 g/mol. The highest BCUT2D eigenvalue weighted by Crippen LogP contribution is 2.22. The van der Waals surface area contributed by atoms with Crippen LogP contribution in [0.3, 0.4) is 0 Å². The predicted octanol–water partition coefficient (Wildman–Crippen LogP) is 3.90. The lowest BCUT2D eigenvalue weighted by Crippen LogP contribution is -2.13. The van der Waals surface area contributed by atoms with Gasteiger partial charge in [-0.25, -0.2) is 4.98 Å². The summed E-state index contributed by atoms with van der Waals surface area (Å²) >= 11 is 2.27. The highest BCUT2D eigenvalue weighted by Gasteiger charge is 2.03. The first-order chi connectivity index (χ1) is 9.19. The summed E-state index contributed by atoms with van der Waals surface area (Å²) in [5.74, 6) is 1.46. The van der Waals surface area contributed by atoms with Crippen LogP contribution in [0.2, 0.25) is 0 Å². The third-order valence-corrected chi connectivity index (χ3v) is 3.42. The van der Waals surface area contributed by atoms with Gasteiger partial charge in [-0.3, -0.25) is 0 Å². The van der Waals surface area contributed by atoms with Gasteiger partial charge in [0.25, 0.3) is 0 Å². The van der Waals surface area contributed by atoms with Gasteiger partial charge in [0.15, 0.2) is 0 Å². The lowest BCUT2D eigenvalue weighted by Gasteiger charge is -2.09. The van der Waals surface area contributed by atoms with Crippen molar-refractivity contribution in [2.75, 3.05) is 6.54 Å². The van der Waals surface area contributed by atoms with Crippen LogP contribution >= 0.6 is 22.6 Å². The molecule has 19 heavy (non-hydrogen) atoms. The Morgan fingerprint density at radius 1 is 1.26 bits per heavy atom. The molecular formula is C15H17IN2O. The minimum atomic E-state index is 0.639. The molecule has 0 radical (unpaired) electrons. The third-order valence-electron chi connectivity index (χ3n) is 2.75. The lowest BCUT2D eigenvalue weighted by atomic mass is 10.2. The summed E-state index contributed by atoms with van der Waals surface area (Å²) in [6, 6.07) is 11.9. The summed E-state index contributed by atoms with van der Waals surface area (Å²) in [7, 11) is 0. The standard InChI is InChI=1S/C15H17IN2O/c1-3-17-10-12-7-8-15(18-11(12)2)19-14-6-4-5-13(16)9-14/h4-9,17H,3,10H2,1-2H3. The highest BCUT2D eigenvalue weighted by atomic mass is 127. The molecule has 0 aliphatic heterocycles. The van der Waals surface area contributed by atoms with Gasteiger partial charge in [0.1, 0.15) is 5.75 Å². The Morgan fingerprint density at radius 2 is 2.11 bits per heavy atom. The number of nitrogens with zero attached hydrogens (tertiary/aromatic N) is 1. The molecule has 0 aliphatic carbocycles. The van der Waals surface area contributed by atoms with Crippen molar-refractivity contribution in [2.24, 2.45) is 0 Å². The molecule has 0 amide bonds. The first kappa shape index (κ1) is 14.3. The van der Waals surface area contributed by atoms with E-state index in [1.165, 1.54) is 5.56 Å². The first-order valence-electron chi connectivity index (χ1n) is 6.29. The number of benzene rings is 1. The smallest absolute Gasteiger partial charge is 0.219 e. The van der Waals surface area contributed by atoms with Crippen molar-refractivity contribution >= 4 is 22.6 Å². The molecule has 0 saturated heterocycles. The van der Waals surface area contributed by atoms with E-state index in [1.54, 1.807) is 0 Å². The van der Waals surface area contributed by atoms with E-state index in [2.05, 4.69) is 45.9 Å². The van der Waals surface area contributed by atoms with Crippen molar-refractivity contribution in [3.63, 3.8) is 0 Å². The number of rotatable bonds is 5. The number of ether oxygens (including phenoxy) is 1. The molecule has 3 nitrogen and oxygen atoms in total. The van der Waals surface area contributed by atoms with E-state index in [0.717, 1.165) is 28.1 Å². The number of aryl methyl sites for hydroxylation is 1. The number of hydrogen-bond donors (Lipinski definition) is 1. The second-order valence-electron chi connectivity index (χ2n) is 4.23. The summed E-state index contributed by atoms with van der Waals surface area (Å²) in [6.45, 7) is 5.91. The number of hydrogen-bond acceptors (Lipinski definition) is 3. The van der Waals surface area contributed by atoms with Gasteiger partial charge in [-0.15, -0.1) is 0 Å².